The number of nitrogens with one attached hydrogen (secondary N) is 1. The molecule has 0 spiro atoms. The molecule has 39 heavy (non-hydrogen) atoms. The van der Waals surface area contributed by atoms with Gasteiger partial charge in [-0.25, -0.2) is 19.0 Å². The van der Waals surface area contributed by atoms with Gasteiger partial charge in [-0.1, -0.05) is 38.1 Å². The molecular formula is C30H33FN2O6. The molecule has 206 valence electrons. The zero-order valence-electron chi connectivity index (χ0n) is 22.7. The molecule has 0 saturated heterocycles. The first-order valence-corrected chi connectivity index (χ1v) is 12.7. The largest absolute Gasteiger partial charge is 0.490 e. The monoisotopic (exact) mass is 536 g/mol. The van der Waals surface area contributed by atoms with Gasteiger partial charge in [0.15, 0.2) is 11.4 Å². The van der Waals surface area contributed by atoms with Crippen molar-refractivity contribution in [1.82, 2.24) is 10.3 Å². The zero-order valence-corrected chi connectivity index (χ0v) is 22.7. The normalized spacial score (nSPS) is 17.1. The van der Waals surface area contributed by atoms with E-state index in [1.54, 1.807) is 12.1 Å². The van der Waals surface area contributed by atoms with E-state index in [9.17, 15) is 19.1 Å². The van der Waals surface area contributed by atoms with Crippen LogP contribution in [0.5, 0.6) is 17.2 Å². The summed E-state index contributed by atoms with van der Waals surface area (Å²) < 4.78 is 30.6. The summed E-state index contributed by atoms with van der Waals surface area (Å²) in [6.45, 7) is 9.69. The molecule has 1 aromatic heterocycles. The van der Waals surface area contributed by atoms with Crippen molar-refractivity contribution in [1.29, 1.82) is 0 Å². The van der Waals surface area contributed by atoms with E-state index >= 15 is 0 Å². The van der Waals surface area contributed by atoms with E-state index in [2.05, 4.69) is 24.1 Å². The first-order valence-electron chi connectivity index (χ1n) is 12.7. The number of hydrogen-bond acceptors (Lipinski definition) is 6. The lowest BCUT2D eigenvalue weighted by atomic mass is 9.78. The Kier molecular flexibility index (Phi) is 7.81. The molecule has 2 aromatic carbocycles. The van der Waals surface area contributed by atoms with Crippen LogP contribution in [0.15, 0.2) is 60.8 Å². The molecular weight excluding hydrogens is 503 g/mol. The van der Waals surface area contributed by atoms with Crippen molar-refractivity contribution in [2.24, 2.45) is 0 Å². The van der Waals surface area contributed by atoms with Crippen LogP contribution in [-0.2, 0) is 10.2 Å². The Morgan fingerprint density at radius 1 is 0.949 bits per heavy atom. The van der Waals surface area contributed by atoms with E-state index in [1.807, 2.05) is 57.2 Å². The Bertz CT molecular complexity index is 1330. The summed E-state index contributed by atoms with van der Waals surface area (Å²) in [5, 5.41) is 12.1. The number of aromatic carboxylic acids is 1. The molecule has 1 aliphatic rings. The number of pyridine rings is 1. The summed E-state index contributed by atoms with van der Waals surface area (Å²) in [5.41, 5.74) is 0.850. The summed E-state index contributed by atoms with van der Waals surface area (Å²) in [7, 11) is 0. The van der Waals surface area contributed by atoms with Gasteiger partial charge in [-0.05, 0) is 56.2 Å². The first-order chi connectivity index (χ1) is 18.3. The molecule has 2 N–H and O–H groups in total. The van der Waals surface area contributed by atoms with Crippen LogP contribution in [0.25, 0.3) is 0 Å². The Labute approximate surface area is 227 Å². The van der Waals surface area contributed by atoms with E-state index in [-0.39, 0.29) is 29.0 Å². The zero-order chi connectivity index (χ0) is 28.4. The van der Waals surface area contributed by atoms with Crippen LogP contribution in [-0.4, -0.2) is 39.9 Å². The van der Waals surface area contributed by atoms with Gasteiger partial charge < -0.3 is 24.6 Å². The van der Waals surface area contributed by atoms with Crippen molar-refractivity contribution in [2.45, 2.75) is 70.6 Å². The lowest BCUT2D eigenvalue weighted by Gasteiger charge is -2.36. The maximum absolute atomic E-state index is 13.6. The minimum Gasteiger partial charge on any atom is -0.490 e. The molecule has 3 aromatic rings. The van der Waals surface area contributed by atoms with Crippen molar-refractivity contribution in [3.63, 3.8) is 0 Å². The predicted molar refractivity (Wildman–Crippen MR) is 143 cm³/mol. The summed E-state index contributed by atoms with van der Waals surface area (Å²) in [5.74, 6) is -1.02. The topological polar surface area (TPSA) is 107 Å². The number of carboxylic acid groups (broad SMARTS) is 1. The average Bonchev–Trinajstić information content (AvgIpc) is 2.82. The average molecular weight is 537 g/mol. The van der Waals surface area contributed by atoms with Crippen molar-refractivity contribution in [3.8, 4) is 17.2 Å². The standard InChI is InChI=1S/C30H33FN2O6/c1-29(2,3)39-28(36)33-21-15-24(16-21)37-22-10-6-18(7-11-22)30(4,5)19-8-12-23(13-9-19)38-25-14-20(31)17-32-26(25)27(34)35/h6-14,17,21,24H,15-16H2,1-5H3,(H,33,36)(H,34,35)/t21-,24-. The fraction of sp³-hybridized carbons (Fsp3) is 0.367. The number of ether oxygens (including phenoxy) is 3. The summed E-state index contributed by atoms with van der Waals surface area (Å²) in [6, 6.07) is 16.2. The van der Waals surface area contributed by atoms with Crippen LogP contribution < -0.4 is 14.8 Å². The molecule has 0 unspecified atom stereocenters. The van der Waals surface area contributed by atoms with Gasteiger partial charge in [-0.3, -0.25) is 0 Å². The fourth-order valence-corrected chi connectivity index (χ4v) is 4.29. The number of benzene rings is 2. The van der Waals surface area contributed by atoms with Crippen molar-refractivity contribution in [2.75, 3.05) is 0 Å². The van der Waals surface area contributed by atoms with Crippen LogP contribution in [0.1, 0.15) is 69.1 Å². The Hall–Kier alpha value is -4.14. The van der Waals surface area contributed by atoms with E-state index in [1.165, 1.54) is 0 Å². The maximum atomic E-state index is 13.6. The van der Waals surface area contributed by atoms with Gasteiger partial charge in [0.25, 0.3) is 0 Å². The number of amides is 1. The third-order valence-electron chi connectivity index (χ3n) is 6.52. The van der Waals surface area contributed by atoms with E-state index in [0.29, 0.717) is 5.75 Å². The highest BCUT2D eigenvalue weighted by atomic mass is 19.1. The number of nitrogens with zero attached hydrogens (tertiary/aromatic N) is 1. The number of carboxylic acids is 1. The Balaban J connectivity index is 1.34. The van der Waals surface area contributed by atoms with Crippen molar-refractivity contribution >= 4 is 12.1 Å². The van der Waals surface area contributed by atoms with E-state index in [0.717, 1.165) is 42.0 Å². The van der Waals surface area contributed by atoms with Crippen molar-refractivity contribution in [3.05, 3.63) is 83.4 Å². The van der Waals surface area contributed by atoms with E-state index < -0.39 is 23.5 Å². The van der Waals surface area contributed by atoms with Gasteiger partial charge in [-0.2, -0.15) is 0 Å². The minimum atomic E-state index is -1.30. The van der Waals surface area contributed by atoms with Crippen LogP contribution in [0.3, 0.4) is 0 Å². The second-order valence-electron chi connectivity index (χ2n) is 11.1. The molecule has 1 fully saturated rings. The highest BCUT2D eigenvalue weighted by molar-refractivity contribution is 5.88. The molecule has 0 bridgehead atoms. The molecule has 1 aliphatic carbocycles. The minimum absolute atomic E-state index is 0.0336. The van der Waals surface area contributed by atoms with Gasteiger partial charge in [-0.15, -0.1) is 0 Å². The Morgan fingerprint density at radius 3 is 2.05 bits per heavy atom. The molecule has 1 amide bonds. The number of aromatic nitrogens is 1. The number of halogens is 1. The van der Waals surface area contributed by atoms with Gasteiger partial charge in [0.1, 0.15) is 29.0 Å². The van der Waals surface area contributed by atoms with Gasteiger partial charge in [0.2, 0.25) is 0 Å². The summed E-state index contributed by atoms with van der Waals surface area (Å²) in [6.07, 6.45) is 1.91. The second-order valence-corrected chi connectivity index (χ2v) is 11.1. The van der Waals surface area contributed by atoms with Gasteiger partial charge in [0.05, 0.1) is 6.20 Å². The molecule has 0 radical (unpaired) electrons. The SMILES string of the molecule is CC(C)(C)OC(=O)N[C@H]1C[C@H](Oc2ccc(C(C)(C)c3ccc(Oc4cc(F)cnc4C(=O)O)cc3)cc2)C1. The van der Waals surface area contributed by atoms with Crippen LogP contribution in [0.4, 0.5) is 9.18 Å². The molecule has 8 nitrogen and oxygen atoms in total. The fourth-order valence-electron chi connectivity index (χ4n) is 4.29. The quantitative estimate of drug-likeness (QED) is 0.340. The predicted octanol–water partition coefficient (Wildman–Crippen LogP) is 6.47. The third kappa shape index (κ3) is 7.04. The van der Waals surface area contributed by atoms with Crippen LogP contribution >= 0.6 is 0 Å². The number of carbonyl (C=O) groups is 2. The number of carbonyl (C=O) groups excluding carboxylic acids is 1. The number of alkyl carbamates (subject to hydrolysis) is 1. The number of rotatable bonds is 8. The van der Waals surface area contributed by atoms with Crippen LogP contribution in [0, 0.1) is 5.82 Å². The Morgan fingerprint density at radius 2 is 1.51 bits per heavy atom. The molecule has 0 atom stereocenters. The lowest BCUT2D eigenvalue weighted by Crippen LogP contribution is -2.50. The second kappa shape index (κ2) is 10.9. The van der Waals surface area contributed by atoms with E-state index in [4.69, 9.17) is 14.2 Å². The lowest BCUT2D eigenvalue weighted by molar-refractivity contribution is 0.0362. The molecule has 0 aliphatic heterocycles. The summed E-state index contributed by atoms with van der Waals surface area (Å²) >= 11 is 0. The van der Waals surface area contributed by atoms with Gasteiger partial charge >= 0.3 is 12.1 Å². The van der Waals surface area contributed by atoms with Crippen molar-refractivity contribution < 1.29 is 33.3 Å². The molecule has 1 heterocycles. The smallest absolute Gasteiger partial charge is 0.407 e. The highest BCUT2D eigenvalue weighted by Gasteiger charge is 2.33. The molecule has 4 rings (SSSR count). The molecule has 9 heteroatoms. The van der Waals surface area contributed by atoms with Crippen LogP contribution in [0.2, 0.25) is 0 Å². The first kappa shape index (κ1) is 27.9. The highest BCUT2D eigenvalue weighted by Crippen LogP contribution is 2.35. The van der Waals surface area contributed by atoms with Gasteiger partial charge in [0, 0.05) is 30.4 Å². The third-order valence-corrected chi connectivity index (χ3v) is 6.52. The molecule has 1 saturated carbocycles. The maximum Gasteiger partial charge on any atom is 0.407 e. The number of hydrogen-bond donors (Lipinski definition) is 2. The summed E-state index contributed by atoms with van der Waals surface area (Å²) in [4.78, 5) is 26.9.